The predicted octanol–water partition coefficient (Wildman–Crippen LogP) is 3.99. The fourth-order valence-corrected chi connectivity index (χ4v) is 9.49. The van der Waals surface area contributed by atoms with Crippen molar-refractivity contribution in [2.45, 2.75) is 132 Å². The van der Waals surface area contributed by atoms with Crippen LogP contribution in [0.5, 0.6) is 0 Å². The maximum Gasteiger partial charge on any atom is 0.410 e. The number of fused-ring (bicyclic) bond motifs is 3. The van der Waals surface area contributed by atoms with Crippen molar-refractivity contribution < 1.29 is 55.0 Å². The molecule has 4 fully saturated rings. The molecular formula is C37H45F3N4O9S. The number of carbonyl (C=O) groups excluding carboxylic acids is 5. The SMILES string of the molecule is O=C(C[C@H]1CCC(F)(F)CC/C=C\[C@@H]2C[C@@]2(C(=O)NS(=O)(=O)C2CC2)NC(=O)[C@@H]2C[C@@H](OC(=O)N3Cc4cccc(F)c4C3)CN2C1=O)OC1CCCC1. The van der Waals surface area contributed by atoms with Crippen molar-refractivity contribution in [1.82, 2.24) is 19.8 Å². The topological polar surface area (TPSA) is 168 Å². The number of halogens is 3. The van der Waals surface area contributed by atoms with Crippen LogP contribution in [0.2, 0.25) is 0 Å². The lowest BCUT2D eigenvalue weighted by atomic mass is 9.93. The molecule has 7 rings (SSSR count). The summed E-state index contributed by atoms with van der Waals surface area (Å²) < 4.78 is 83.8. The lowest BCUT2D eigenvalue weighted by molar-refractivity contribution is -0.154. The monoisotopic (exact) mass is 778 g/mol. The number of amides is 4. The first kappa shape index (κ1) is 38.1. The summed E-state index contributed by atoms with van der Waals surface area (Å²) in [6.07, 6.45) is 2.01. The third kappa shape index (κ3) is 8.25. The summed E-state index contributed by atoms with van der Waals surface area (Å²) in [5.74, 6) is -9.04. The van der Waals surface area contributed by atoms with Crippen LogP contribution in [0.3, 0.4) is 0 Å². The van der Waals surface area contributed by atoms with Crippen LogP contribution in [0, 0.1) is 17.7 Å². The van der Waals surface area contributed by atoms with Gasteiger partial charge in [-0.1, -0.05) is 24.3 Å². The van der Waals surface area contributed by atoms with Gasteiger partial charge < -0.3 is 19.7 Å². The minimum absolute atomic E-state index is 0.0154. The number of carbonyl (C=O) groups is 5. The minimum Gasteiger partial charge on any atom is -0.462 e. The van der Waals surface area contributed by atoms with E-state index in [9.17, 15) is 36.8 Å². The molecule has 1 aromatic rings. The van der Waals surface area contributed by atoms with E-state index in [0.29, 0.717) is 36.8 Å². The Hall–Kier alpha value is -4.15. The highest BCUT2D eigenvalue weighted by Crippen LogP contribution is 2.46. The number of sulfonamides is 1. The van der Waals surface area contributed by atoms with E-state index < -0.39 is 112 Å². The molecule has 3 heterocycles. The van der Waals surface area contributed by atoms with Gasteiger partial charge in [-0.3, -0.25) is 28.8 Å². The number of hydrogen-bond acceptors (Lipinski definition) is 9. The highest BCUT2D eigenvalue weighted by Gasteiger charge is 2.62. The lowest BCUT2D eigenvalue weighted by Crippen LogP contribution is -2.57. The summed E-state index contributed by atoms with van der Waals surface area (Å²) in [6, 6.07) is 3.12. The minimum atomic E-state index is -4.02. The number of nitrogens with one attached hydrogen (secondary N) is 2. The number of ether oxygens (including phenoxy) is 2. The number of benzene rings is 1. The standard InChI is InChI=1S/C37H45F3N4O9S/c38-29-10-5-6-23-19-43(21-28(23)29)35(49)53-26-17-30-32(46)41-37(34(48)42-54(50,51)27-11-12-27)18-24(37)7-3-4-14-36(39,40)15-13-22(33(47)44(30)20-26)16-31(45)52-25-8-1-2-9-25/h3,5-7,10,22,24-27,30H,1-2,4,8-9,11-21H2,(H,41,46)(H,42,48)/b7-3-/t22-,24-,26-,30+,37-/m1/s1. The van der Waals surface area contributed by atoms with E-state index in [4.69, 9.17) is 9.47 Å². The Morgan fingerprint density at radius 2 is 1.74 bits per heavy atom. The Bertz CT molecular complexity index is 1830. The van der Waals surface area contributed by atoms with Gasteiger partial charge in [-0.25, -0.2) is 26.4 Å². The maximum atomic E-state index is 15.2. The average molecular weight is 779 g/mol. The van der Waals surface area contributed by atoms with Crippen molar-refractivity contribution in [3.63, 3.8) is 0 Å². The second kappa shape index (κ2) is 14.8. The van der Waals surface area contributed by atoms with Crippen molar-refractivity contribution in [3.8, 4) is 0 Å². The van der Waals surface area contributed by atoms with Crippen molar-refractivity contribution in [3.05, 3.63) is 47.3 Å². The summed E-state index contributed by atoms with van der Waals surface area (Å²) in [5, 5.41) is 1.95. The van der Waals surface area contributed by atoms with E-state index in [1.165, 1.54) is 29.2 Å². The third-order valence-electron chi connectivity index (χ3n) is 11.5. The van der Waals surface area contributed by atoms with E-state index in [0.717, 1.165) is 17.7 Å². The molecule has 294 valence electrons. The molecule has 13 nitrogen and oxygen atoms in total. The van der Waals surface area contributed by atoms with Crippen LogP contribution in [0.15, 0.2) is 30.4 Å². The second-order valence-corrected chi connectivity index (χ2v) is 17.5. The Kier molecular flexibility index (Phi) is 10.5. The smallest absolute Gasteiger partial charge is 0.410 e. The van der Waals surface area contributed by atoms with Gasteiger partial charge in [0.25, 0.3) is 5.91 Å². The Balaban J connectivity index is 1.15. The fraction of sp³-hybridized carbons (Fsp3) is 0.649. The van der Waals surface area contributed by atoms with Crippen molar-refractivity contribution in [2.24, 2.45) is 11.8 Å². The molecule has 3 aliphatic carbocycles. The van der Waals surface area contributed by atoms with E-state index in [2.05, 4.69) is 10.0 Å². The van der Waals surface area contributed by atoms with Crippen LogP contribution in [-0.2, 0) is 51.8 Å². The summed E-state index contributed by atoms with van der Waals surface area (Å²) in [4.78, 5) is 71.0. The summed E-state index contributed by atoms with van der Waals surface area (Å²) >= 11 is 0. The first-order chi connectivity index (χ1) is 25.6. The number of allylic oxidation sites excluding steroid dienone is 1. The Morgan fingerprint density at radius 1 is 0.981 bits per heavy atom. The van der Waals surface area contributed by atoms with Crippen LogP contribution < -0.4 is 10.0 Å². The molecule has 0 bridgehead atoms. The molecule has 17 heteroatoms. The summed E-state index contributed by atoms with van der Waals surface area (Å²) in [7, 11) is -4.02. The van der Waals surface area contributed by atoms with E-state index in [1.807, 2.05) is 0 Å². The molecule has 0 aromatic heterocycles. The maximum absolute atomic E-state index is 15.2. The first-order valence-corrected chi connectivity index (χ1v) is 20.3. The number of esters is 1. The molecule has 6 aliphatic rings. The van der Waals surface area contributed by atoms with Gasteiger partial charge in [0.2, 0.25) is 27.8 Å². The van der Waals surface area contributed by atoms with Gasteiger partial charge in [-0.15, -0.1) is 0 Å². The summed E-state index contributed by atoms with van der Waals surface area (Å²) in [5.41, 5.74) is -0.796. The van der Waals surface area contributed by atoms with Gasteiger partial charge in [-0.05, 0) is 69.4 Å². The third-order valence-corrected chi connectivity index (χ3v) is 13.3. The van der Waals surface area contributed by atoms with Crippen molar-refractivity contribution >= 4 is 39.8 Å². The van der Waals surface area contributed by atoms with Gasteiger partial charge in [0.05, 0.1) is 24.8 Å². The highest BCUT2D eigenvalue weighted by atomic mass is 32.2. The molecular weight excluding hydrogens is 733 g/mol. The molecule has 54 heavy (non-hydrogen) atoms. The molecule has 3 aliphatic heterocycles. The number of hydrogen-bond donors (Lipinski definition) is 2. The molecule has 0 spiro atoms. The molecule has 0 radical (unpaired) electrons. The average Bonchev–Trinajstić information content (AvgIpc) is 3.90. The number of rotatable bonds is 7. The normalized spacial score (nSPS) is 30.6. The van der Waals surface area contributed by atoms with Crippen molar-refractivity contribution in [1.29, 1.82) is 0 Å². The second-order valence-electron chi connectivity index (χ2n) is 15.6. The van der Waals surface area contributed by atoms with Gasteiger partial charge >= 0.3 is 12.1 Å². The quantitative estimate of drug-likeness (QED) is 0.307. The largest absolute Gasteiger partial charge is 0.462 e. The zero-order chi connectivity index (χ0) is 38.4. The van der Waals surface area contributed by atoms with Crippen LogP contribution >= 0.6 is 0 Å². The number of alkyl halides is 2. The molecule has 3 saturated carbocycles. The first-order valence-electron chi connectivity index (χ1n) is 18.8. The van der Waals surface area contributed by atoms with Gasteiger partial charge in [0, 0.05) is 43.2 Å². The van der Waals surface area contributed by atoms with Gasteiger partial charge in [0.15, 0.2) is 0 Å². The van der Waals surface area contributed by atoms with E-state index in [-0.39, 0.29) is 45.0 Å². The molecule has 4 amide bonds. The molecule has 2 N–H and O–H groups in total. The van der Waals surface area contributed by atoms with E-state index in [1.54, 1.807) is 6.07 Å². The number of nitrogens with zero attached hydrogens (tertiary/aromatic N) is 2. The van der Waals surface area contributed by atoms with Crippen LogP contribution in [0.1, 0.15) is 94.6 Å². The molecule has 0 unspecified atom stereocenters. The fourth-order valence-electron chi connectivity index (χ4n) is 8.12. The van der Waals surface area contributed by atoms with Crippen LogP contribution in [-0.4, -0.2) is 89.5 Å². The molecule has 1 saturated heterocycles. The van der Waals surface area contributed by atoms with Crippen molar-refractivity contribution in [2.75, 3.05) is 6.54 Å². The highest BCUT2D eigenvalue weighted by molar-refractivity contribution is 7.91. The Morgan fingerprint density at radius 3 is 2.46 bits per heavy atom. The van der Waals surface area contributed by atoms with E-state index >= 15 is 8.78 Å². The zero-order valence-corrected chi connectivity index (χ0v) is 30.6. The van der Waals surface area contributed by atoms with Gasteiger partial charge in [0.1, 0.15) is 29.6 Å². The van der Waals surface area contributed by atoms with Gasteiger partial charge in [-0.2, -0.15) is 0 Å². The zero-order valence-electron chi connectivity index (χ0n) is 29.8. The molecule has 1 aromatic carbocycles. The van der Waals surface area contributed by atoms with Crippen LogP contribution in [0.25, 0.3) is 0 Å². The molecule has 5 atom stereocenters. The lowest BCUT2D eigenvalue weighted by Gasteiger charge is -2.30. The Labute approximate surface area is 311 Å². The predicted molar refractivity (Wildman–Crippen MR) is 184 cm³/mol. The van der Waals surface area contributed by atoms with Crippen LogP contribution in [0.4, 0.5) is 18.0 Å². The summed E-state index contributed by atoms with van der Waals surface area (Å²) in [6.45, 7) is -0.322.